The van der Waals surface area contributed by atoms with Gasteiger partial charge in [0.1, 0.15) is 11.5 Å². The molecule has 0 saturated carbocycles. The van der Waals surface area contributed by atoms with Gasteiger partial charge >= 0.3 is 6.03 Å². The van der Waals surface area contributed by atoms with Crippen LogP contribution in [0.2, 0.25) is 5.02 Å². The number of aromatic nitrogens is 1. The molecule has 0 fully saturated rings. The van der Waals surface area contributed by atoms with E-state index in [0.717, 1.165) is 16.7 Å². The second kappa shape index (κ2) is 11.0. The number of hydrogen-bond acceptors (Lipinski definition) is 4. The number of para-hydroxylation sites is 1. The summed E-state index contributed by atoms with van der Waals surface area (Å²) in [5, 5.41) is 4.10. The molecule has 4 rings (SSSR count). The molecular weight excluding hydrogens is 466 g/mol. The highest BCUT2D eigenvalue weighted by Crippen LogP contribution is 2.23. The first-order chi connectivity index (χ1) is 17.0. The van der Waals surface area contributed by atoms with Gasteiger partial charge in [0.25, 0.3) is 5.56 Å². The van der Waals surface area contributed by atoms with Crippen molar-refractivity contribution in [3.63, 3.8) is 0 Å². The zero-order valence-corrected chi connectivity index (χ0v) is 20.3. The molecule has 7 nitrogen and oxygen atoms in total. The van der Waals surface area contributed by atoms with Crippen LogP contribution in [0.1, 0.15) is 18.1 Å². The van der Waals surface area contributed by atoms with Crippen LogP contribution in [0.5, 0.6) is 11.5 Å². The van der Waals surface area contributed by atoms with Gasteiger partial charge in [0.05, 0.1) is 31.0 Å². The number of nitrogens with zero attached hydrogens (tertiary/aromatic N) is 1. The van der Waals surface area contributed by atoms with Crippen molar-refractivity contribution in [2.45, 2.75) is 20.0 Å². The van der Waals surface area contributed by atoms with E-state index in [2.05, 4.69) is 10.3 Å². The van der Waals surface area contributed by atoms with E-state index >= 15 is 0 Å². The number of anilines is 1. The lowest BCUT2D eigenvalue weighted by Crippen LogP contribution is -2.35. The quantitative estimate of drug-likeness (QED) is 0.325. The van der Waals surface area contributed by atoms with Crippen molar-refractivity contribution in [2.75, 3.05) is 19.0 Å². The summed E-state index contributed by atoms with van der Waals surface area (Å²) in [6, 6.07) is 21.3. The number of H-pyrrole nitrogens is 1. The third-order valence-electron chi connectivity index (χ3n) is 5.50. The van der Waals surface area contributed by atoms with E-state index < -0.39 is 0 Å². The molecule has 35 heavy (non-hydrogen) atoms. The third-order valence-corrected chi connectivity index (χ3v) is 5.83. The maximum atomic E-state index is 13.3. The van der Waals surface area contributed by atoms with Gasteiger partial charge < -0.3 is 24.7 Å². The fourth-order valence-corrected chi connectivity index (χ4v) is 3.90. The lowest BCUT2D eigenvalue weighted by molar-refractivity contribution is 0.206. The van der Waals surface area contributed by atoms with Crippen LogP contribution >= 0.6 is 11.6 Å². The van der Waals surface area contributed by atoms with Gasteiger partial charge in [0.2, 0.25) is 0 Å². The fraction of sp³-hybridized carbons (Fsp3) is 0.185. The molecule has 2 amide bonds. The number of methoxy groups -OCH3 is 1. The number of carbonyl (C=O) groups is 1. The third kappa shape index (κ3) is 5.94. The molecule has 0 spiro atoms. The van der Waals surface area contributed by atoms with Crippen LogP contribution in [-0.4, -0.2) is 29.6 Å². The van der Waals surface area contributed by atoms with Crippen LogP contribution in [0.4, 0.5) is 10.5 Å². The standard InChI is InChI=1S/C27H26ClN3O4/c1-3-35-22-12-13-24-19(15-22)14-20(26(32)29-24)17-31(16-18-8-10-21(34-2)11-9-18)27(33)30-25-7-5-4-6-23(25)28/h4-15H,3,16-17H2,1-2H3,(H,29,32)(H,30,33). The number of carbonyl (C=O) groups excluding carboxylic acids is 1. The summed E-state index contributed by atoms with van der Waals surface area (Å²) in [5.41, 5.74) is 2.27. The van der Waals surface area contributed by atoms with E-state index in [4.69, 9.17) is 21.1 Å². The van der Waals surface area contributed by atoms with Crippen molar-refractivity contribution in [2.24, 2.45) is 0 Å². The summed E-state index contributed by atoms with van der Waals surface area (Å²) in [5.74, 6) is 1.43. The zero-order valence-electron chi connectivity index (χ0n) is 19.5. The average molecular weight is 492 g/mol. The molecule has 0 atom stereocenters. The van der Waals surface area contributed by atoms with Gasteiger partial charge in [-0.15, -0.1) is 0 Å². The Kier molecular flexibility index (Phi) is 7.57. The normalized spacial score (nSPS) is 10.7. The number of benzene rings is 3. The summed E-state index contributed by atoms with van der Waals surface area (Å²) in [6.45, 7) is 2.82. The number of amides is 2. The van der Waals surface area contributed by atoms with Gasteiger partial charge in [-0.3, -0.25) is 4.79 Å². The molecule has 8 heteroatoms. The molecule has 1 aromatic heterocycles. The number of nitrogens with one attached hydrogen (secondary N) is 2. The van der Waals surface area contributed by atoms with E-state index in [9.17, 15) is 9.59 Å². The average Bonchev–Trinajstić information content (AvgIpc) is 2.86. The highest BCUT2D eigenvalue weighted by Gasteiger charge is 2.18. The van der Waals surface area contributed by atoms with E-state index in [1.165, 1.54) is 0 Å². The molecular formula is C27H26ClN3O4. The predicted octanol–water partition coefficient (Wildman–Crippen LogP) is 5.82. The molecule has 2 N–H and O–H groups in total. The van der Waals surface area contributed by atoms with E-state index in [1.807, 2.05) is 49.4 Å². The van der Waals surface area contributed by atoms with Crippen LogP contribution < -0.4 is 20.3 Å². The topological polar surface area (TPSA) is 83.7 Å². The fourth-order valence-electron chi connectivity index (χ4n) is 3.72. The Balaban J connectivity index is 1.66. The number of halogens is 1. The number of urea groups is 1. The monoisotopic (exact) mass is 491 g/mol. The lowest BCUT2D eigenvalue weighted by atomic mass is 10.1. The maximum absolute atomic E-state index is 13.3. The van der Waals surface area contributed by atoms with Gasteiger partial charge in [-0.1, -0.05) is 35.9 Å². The Morgan fingerprint density at radius 3 is 2.46 bits per heavy atom. The minimum atomic E-state index is -0.378. The van der Waals surface area contributed by atoms with Gasteiger partial charge in [0, 0.05) is 23.0 Å². The minimum absolute atomic E-state index is 0.0897. The Hall–Kier alpha value is -3.97. The smallest absolute Gasteiger partial charge is 0.322 e. The first-order valence-electron chi connectivity index (χ1n) is 11.2. The van der Waals surface area contributed by atoms with Crippen molar-refractivity contribution in [1.82, 2.24) is 9.88 Å². The largest absolute Gasteiger partial charge is 0.497 e. The second-order valence-electron chi connectivity index (χ2n) is 7.92. The minimum Gasteiger partial charge on any atom is -0.497 e. The lowest BCUT2D eigenvalue weighted by Gasteiger charge is -2.24. The number of fused-ring (bicyclic) bond motifs is 1. The molecule has 0 saturated heterocycles. The van der Waals surface area contributed by atoms with Crippen LogP contribution in [0, 0.1) is 0 Å². The molecule has 0 aliphatic carbocycles. The second-order valence-corrected chi connectivity index (χ2v) is 8.33. The number of rotatable bonds is 8. The van der Waals surface area contributed by atoms with Gasteiger partial charge in [-0.2, -0.15) is 0 Å². The maximum Gasteiger partial charge on any atom is 0.322 e. The molecule has 0 radical (unpaired) electrons. The Bertz CT molecular complexity index is 1390. The summed E-state index contributed by atoms with van der Waals surface area (Å²) in [7, 11) is 1.60. The van der Waals surface area contributed by atoms with Crippen molar-refractivity contribution in [1.29, 1.82) is 0 Å². The van der Waals surface area contributed by atoms with Crippen LogP contribution in [0.15, 0.2) is 77.6 Å². The van der Waals surface area contributed by atoms with Gasteiger partial charge in [0.15, 0.2) is 0 Å². The Labute approximate surface area is 208 Å². The van der Waals surface area contributed by atoms with Crippen molar-refractivity contribution in [3.8, 4) is 11.5 Å². The van der Waals surface area contributed by atoms with E-state index in [1.54, 1.807) is 42.3 Å². The van der Waals surface area contributed by atoms with Crippen LogP contribution in [-0.2, 0) is 13.1 Å². The van der Waals surface area contributed by atoms with Gasteiger partial charge in [-0.05, 0) is 61.0 Å². The molecule has 180 valence electrons. The number of aromatic amines is 1. The number of pyridine rings is 1. The highest BCUT2D eigenvalue weighted by molar-refractivity contribution is 6.33. The summed E-state index contributed by atoms with van der Waals surface area (Å²) in [6.07, 6.45) is 0. The van der Waals surface area contributed by atoms with Crippen molar-refractivity contribution in [3.05, 3.63) is 99.3 Å². The summed E-state index contributed by atoms with van der Waals surface area (Å²) < 4.78 is 10.8. The molecule has 0 bridgehead atoms. The number of ether oxygens (including phenoxy) is 2. The van der Waals surface area contributed by atoms with E-state index in [-0.39, 0.29) is 24.7 Å². The molecule has 4 aromatic rings. The van der Waals surface area contributed by atoms with Crippen molar-refractivity contribution < 1.29 is 14.3 Å². The summed E-state index contributed by atoms with van der Waals surface area (Å²) in [4.78, 5) is 30.6. The molecule has 0 aliphatic heterocycles. The van der Waals surface area contributed by atoms with E-state index in [0.29, 0.717) is 34.1 Å². The predicted molar refractivity (Wildman–Crippen MR) is 138 cm³/mol. The molecule has 3 aromatic carbocycles. The molecule has 0 aliphatic rings. The van der Waals surface area contributed by atoms with Crippen LogP contribution in [0.25, 0.3) is 10.9 Å². The molecule has 0 unspecified atom stereocenters. The Morgan fingerprint density at radius 2 is 1.74 bits per heavy atom. The zero-order chi connectivity index (χ0) is 24.8. The first kappa shape index (κ1) is 24.2. The summed E-state index contributed by atoms with van der Waals surface area (Å²) >= 11 is 6.24. The van der Waals surface area contributed by atoms with Crippen molar-refractivity contribution >= 4 is 34.2 Å². The SMILES string of the molecule is CCOc1ccc2[nH]c(=O)c(CN(Cc3ccc(OC)cc3)C(=O)Nc3ccccc3Cl)cc2c1. The van der Waals surface area contributed by atoms with Crippen LogP contribution in [0.3, 0.4) is 0 Å². The van der Waals surface area contributed by atoms with Gasteiger partial charge in [-0.25, -0.2) is 4.79 Å². The first-order valence-corrected chi connectivity index (χ1v) is 11.6. The Morgan fingerprint density at radius 1 is 1.00 bits per heavy atom. The molecule has 1 heterocycles. The highest BCUT2D eigenvalue weighted by atomic mass is 35.5. The number of hydrogen-bond donors (Lipinski definition) is 2.